The maximum Gasteiger partial charge on any atom is 0.410 e. The van der Waals surface area contributed by atoms with Crippen LogP contribution in [0, 0.1) is 17.8 Å². The monoisotopic (exact) mass is 921 g/mol. The van der Waals surface area contributed by atoms with Crippen molar-refractivity contribution in [2.75, 3.05) is 39.6 Å². The minimum absolute atomic E-state index is 0.101. The third-order valence-corrected chi connectivity index (χ3v) is 13.9. The number of hydrogen-bond acceptors (Lipinski definition) is 9. The number of carbonyl (C=O) groups is 1. The van der Waals surface area contributed by atoms with E-state index in [-0.39, 0.29) is 43.7 Å². The first-order valence-electron chi connectivity index (χ1n) is 25.9. The van der Waals surface area contributed by atoms with E-state index in [0.717, 1.165) is 78.7 Å². The fraction of sp³-hybridized carbons (Fsp3) is 0.579. The molecule has 10 nitrogen and oxygen atoms in total. The van der Waals surface area contributed by atoms with Crippen LogP contribution in [0.25, 0.3) is 11.1 Å². The molecule has 366 valence electrons. The Morgan fingerprint density at radius 3 is 2.15 bits per heavy atom. The predicted octanol–water partition coefficient (Wildman–Crippen LogP) is 13.6. The van der Waals surface area contributed by atoms with Crippen LogP contribution in [0.1, 0.15) is 148 Å². The second-order valence-corrected chi connectivity index (χ2v) is 18.7. The van der Waals surface area contributed by atoms with Crippen molar-refractivity contribution in [1.29, 1.82) is 0 Å². The normalized spacial score (nSPS) is 22.3. The van der Waals surface area contributed by atoms with Crippen molar-refractivity contribution in [3.8, 4) is 28.4 Å². The highest BCUT2D eigenvalue weighted by atomic mass is 16.7. The fourth-order valence-electron chi connectivity index (χ4n) is 10.8. The van der Waals surface area contributed by atoms with Crippen LogP contribution in [0.5, 0.6) is 17.2 Å². The number of unbranched alkanes of at least 4 members (excludes halogenated alkanes) is 11. The number of aliphatic hydroxyl groups is 2. The molecule has 6 atom stereocenters. The van der Waals surface area contributed by atoms with Gasteiger partial charge in [-0.05, 0) is 104 Å². The largest absolute Gasteiger partial charge is 0.459 e. The maximum atomic E-state index is 14.6. The summed E-state index contributed by atoms with van der Waals surface area (Å²) < 4.78 is 27.3. The number of hydrogen-bond donors (Lipinski definition) is 2. The van der Waals surface area contributed by atoms with Crippen LogP contribution in [0.2, 0.25) is 0 Å². The number of fused-ring (bicyclic) bond motifs is 2. The minimum Gasteiger partial charge on any atom is -0.459 e. The summed E-state index contributed by atoms with van der Waals surface area (Å²) in [6.07, 6.45) is 21.6. The van der Waals surface area contributed by atoms with Crippen molar-refractivity contribution in [2.45, 2.75) is 154 Å². The Kier molecular flexibility index (Phi) is 21.1. The van der Waals surface area contributed by atoms with Gasteiger partial charge in [-0.3, -0.25) is 4.90 Å². The van der Waals surface area contributed by atoms with E-state index in [1.54, 1.807) is 6.08 Å². The summed E-state index contributed by atoms with van der Waals surface area (Å²) in [6.45, 7) is 12.0. The van der Waals surface area contributed by atoms with Gasteiger partial charge in [0.15, 0.2) is 0 Å². The molecule has 67 heavy (non-hydrogen) atoms. The third-order valence-electron chi connectivity index (χ3n) is 13.9. The van der Waals surface area contributed by atoms with Crippen LogP contribution in [-0.4, -0.2) is 78.3 Å². The number of oxime groups is 1. The van der Waals surface area contributed by atoms with E-state index in [4.69, 9.17) is 28.9 Å². The smallest absolute Gasteiger partial charge is 0.410 e. The number of benzene rings is 3. The quantitative estimate of drug-likeness (QED) is 0.0385. The zero-order valence-electron chi connectivity index (χ0n) is 40.9. The van der Waals surface area contributed by atoms with E-state index in [2.05, 4.69) is 56.8 Å². The van der Waals surface area contributed by atoms with Crippen molar-refractivity contribution < 1.29 is 38.8 Å². The van der Waals surface area contributed by atoms with Crippen LogP contribution in [0.15, 0.2) is 102 Å². The number of rotatable bonds is 30. The zero-order valence-corrected chi connectivity index (χ0v) is 40.9. The Morgan fingerprint density at radius 1 is 0.806 bits per heavy atom. The van der Waals surface area contributed by atoms with Gasteiger partial charge in [-0.2, -0.15) is 0 Å². The number of allylic oxidation sites excluding steroid dienone is 1. The van der Waals surface area contributed by atoms with Crippen LogP contribution < -0.4 is 9.47 Å². The molecule has 6 rings (SSSR count). The molecular weight excluding hydrogens is 841 g/mol. The van der Waals surface area contributed by atoms with Gasteiger partial charge in [0.05, 0.1) is 24.8 Å². The molecule has 3 aliphatic rings. The van der Waals surface area contributed by atoms with Gasteiger partial charge in [0.1, 0.15) is 29.9 Å². The molecule has 0 bridgehead atoms. The molecule has 1 saturated carbocycles. The van der Waals surface area contributed by atoms with Crippen LogP contribution in [-0.2, 0) is 14.3 Å². The second kappa shape index (κ2) is 27.4. The van der Waals surface area contributed by atoms with Gasteiger partial charge in [-0.1, -0.05) is 144 Å². The predicted molar refractivity (Wildman–Crippen MR) is 269 cm³/mol. The minimum atomic E-state index is -1.34. The van der Waals surface area contributed by atoms with E-state index in [0.29, 0.717) is 56.9 Å². The van der Waals surface area contributed by atoms with Gasteiger partial charge < -0.3 is 34.0 Å². The summed E-state index contributed by atoms with van der Waals surface area (Å²) >= 11 is 0. The molecular formula is C57H80N2O8. The number of amides is 1. The lowest BCUT2D eigenvalue weighted by Gasteiger charge is -2.59. The summed E-state index contributed by atoms with van der Waals surface area (Å²) in [5.74, 6) is 0.428. The van der Waals surface area contributed by atoms with Gasteiger partial charge in [0, 0.05) is 37.7 Å². The summed E-state index contributed by atoms with van der Waals surface area (Å²) in [4.78, 5) is 22.3. The van der Waals surface area contributed by atoms with Crippen LogP contribution in [0.3, 0.4) is 0 Å². The van der Waals surface area contributed by atoms with Crippen molar-refractivity contribution in [1.82, 2.24) is 4.90 Å². The Bertz CT molecular complexity index is 2000. The molecule has 10 heteroatoms. The number of carbonyl (C=O) groups excluding carboxylic acids is 1. The molecule has 2 N–H and O–H groups in total. The third kappa shape index (κ3) is 13.5. The van der Waals surface area contributed by atoms with Crippen molar-refractivity contribution >= 4 is 11.8 Å². The highest BCUT2D eigenvalue weighted by Crippen LogP contribution is 2.62. The highest BCUT2D eigenvalue weighted by Gasteiger charge is 2.65. The van der Waals surface area contributed by atoms with E-state index in [1.807, 2.05) is 54.3 Å². The molecule has 1 amide bonds. The first kappa shape index (κ1) is 51.7. The molecule has 0 aromatic heterocycles. The molecule has 1 fully saturated rings. The first-order chi connectivity index (χ1) is 32.9. The fourth-order valence-corrected chi connectivity index (χ4v) is 10.8. The number of nitrogens with zero attached hydrogens (tertiary/aromatic N) is 2. The van der Waals surface area contributed by atoms with Gasteiger partial charge >= 0.3 is 6.09 Å². The van der Waals surface area contributed by atoms with Crippen LogP contribution >= 0.6 is 0 Å². The summed E-state index contributed by atoms with van der Waals surface area (Å²) in [5, 5.41) is 24.8. The Labute approximate surface area is 401 Å². The van der Waals surface area contributed by atoms with Crippen molar-refractivity contribution in [3.05, 3.63) is 103 Å². The molecule has 0 saturated heterocycles. The lowest BCUT2D eigenvalue weighted by atomic mass is 9.55. The van der Waals surface area contributed by atoms with E-state index < -0.39 is 17.7 Å². The molecule has 3 aromatic carbocycles. The maximum absolute atomic E-state index is 14.6. The number of aliphatic hydroxyl groups excluding tert-OH is 2. The SMILES string of the molecule is C=CCOC12Oc3ccc(Oc4ccc(-c5ccccc5)cc4)cc3C3C(CCCCO)C(CCCCO)C=C(C(=NOCC)CC1N(CCC)C(=O)OCCCCCCCCCCCC)C32. The topological polar surface area (TPSA) is 119 Å². The lowest BCUT2D eigenvalue weighted by molar-refractivity contribution is -0.255. The standard InChI is InChI=1S/C57H80N2O8/c1-5-9-10-11-12-13-14-15-16-24-39-63-56(62)59(35-6-2)53-42-51(58-65-8-4)49-40-45(27-20-22-36-60)48(28-21-23-37-61)54-50-41-47(33-34-52(50)67-57(53,55(49)54)64-38-7-3)66-46-31-29-44(30-32-46)43-25-18-17-19-26-43/h7,17-19,25-26,29-34,40-41,45,48,53-55,60-61H,3,5-6,8-16,20-24,27-28,35-39,42H2,1-2,4H3. The summed E-state index contributed by atoms with van der Waals surface area (Å²) in [5.41, 5.74) is 5.05. The van der Waals surface area contributed by atoms with E-state index in [1.165, 1.54) is 44.9 Å². The molecule has 1 heterocycles. The van der Waals surface area contributed by atoms with Gasteiger partial charge in [-0.15, -0.1) is 6.58 Å². The summed E-state index contributed by atoms with van der Waals surface area (Å²) in [6, 6.07) is 23.9. The van der Waals surface area contributed by atoms with Gasteiger partial charge in [-0.25, -0.2) is 4.79 Å². The zero-order chi connectivity index (χ0) is 47.3. The first-order valence-corrected chi connectivity index (χ1v) is 25.9. The van der Waals surface area contributed by atoms with Crippen molar-refractivity contribution in [3.63, 3.8) is 0 Å². The van der Waals surface area contributed by atoms with Crippen LogP contribution in [0.4, 0.5) is 4.79 Å². The Morgan fingerprint density at radius 2 is 1.48 bits per heavy atom. The molecule has 6 unspecified atom stereocenters. The van der Waals surface area contributed by atoms with E-state index in [9.17, 15) is 15.0 Å². The van der Waals surface area contributed by atoms with Gasteiger partial charge in [0.2, 0.25) is 5.79 Å². The van der Waals surface area contributed by atoms with Crippen molar-refractivity contribution in [2.24, 2.45) is 22.9 Å². The highest BCUT2D eigenvalue weighted by molar-refractivity contribution is 6.03. The second-order valence-electron chi connectivity index (χ2n) is 18.7. The molecule has 1 aliphatic heterocycles. The lowest BCUT2D eigenvalue weighted by Crippen LogP contribution is -2.70. The average Bonchev–Trinajstić information content (AvgIpc) is 3.35. The molecule has 0 radical (unpaired) electrons. The molecule has 0 spiro atoms. The Hall–Kier alpha value is -4.64. The molecule has 2 aliphatic carbocycles. The van der Waals surface area contributed by atoms with E-state index >= 15 is 0 Å². The summed E-state index contributed by atoms with van der Waals surface area (Å²) in [7, 11) is 0. The average molecular weight is 921 g/mol. The Balaban J connectivity index is 1.38. The number of ether oxygens (including phenoxy) is 4. The van der Waals surface area contributed by atoms with Gasteiger partial charge in [0.25, 0.3) is 0 Å². The molecule has 3 aromatic rings.